The van der Waals surface area contributed by atoms with Crippen molar-refractivity contribution in [3.05, 3.63) is 11.1 Å². The lowest BCUT2D eigenvalue weighted by Crippen LogP contribution is -2.36. The van der Waals surface area contributed by atoms with Crippen LogP contribution in [0.2, 0.25) is 0 Å². The molecule has 0 aliphatic rings. The Balaban J connectivity index is 2.64. The summed E-state index contributed by atoms with van der Waals surface area (Å²) in [4.78, 5) is 28.4. The van der Waals surface area contributed by atoms with Gasteiger partial charge in [-0.25, -0.2) is 4.98 Å². The van der Waals surface area contributed by atoms with Crippen molar-refractivity contribution >= 4 is 28.3 Å². The summed E-state index contributed by atoms with van der Waals surface area (Å²) in [7, 11) is 0. The maximum absolute atomic E-state index is 11.4. The van der Waals surface area contributed by atoms with Crippen molar-refractivity contribution in [2.75, 3.05) is 11.4 Å². The highest BCUT2D eigenvalue weighted by Crippen LogP contribution is 2.20. The summed E-state index contributed by atoms with van der Waals surface area (Å²) in [5, 5.41) is 14.5. The second-order valence-corrected chi connectivity index (χ2v) is 5.28. The number of thiazole rings is 1. The first-order valence-electron chi connectivity index (χ1n) is 6.68. The van der Waals surface area contributed by atoms with Gasteiger partial charge >= 0.3 is 5.97 Å². The van der Waals surface area contributed by atoms with E-state index in [1.54, 1.807) is 4.90 Å². The first-order chi connectivity index (χ1) is 9.49. The van der Waals surface area contributed by atoms with Crippen LogP contribution in [0.25, 0.3) is 0 Å². The van der Waals surface area contributed by atoms with Crippen LogP contribution in [-0.2, 0) is 16.1 Å². The highest BCUT2D eigenvalue weighted by molar-refractivity contribution is 7.14. The molecule has 0 saturated heterocycles. The van der Waals surface area contributed by atoms with Crippen molar-refractivity contribution in [3.8, 4) is 0 Å². The zero-order valence-electron chi connectivity index (χ0n) is 12.0. The molecule has 0 spiro atoms. The molecule has 7 heteroatoms. The Kier molecular flexibility index (Phi) is 6.60. The van der Waals surface area contributed by atoms with Gasteiger partial charge in [-0.1, -0.05) is 13.3 Å². The molecule has 0 aliphatic heterocycles. The highest BCUT2D eigenvalue weighted by atomic mass is 32.1. The zero-order chi connectivity index (χ0) is 15.1. The van der Waals surface area contributed by atoms with E-state index in [9.17, 15) is 9.59 Å². The lowest BCUT2D eigenvalue weighted by molar-refractivity contribution is -0.139. The molecular weight excluding hydrogens is 278 g/mol. The molecule has 2 N–H and O–H groups in total. The van der Waals surface area contributed by atoms with E-state index >= 15 is 0 Å². The molecule has 6 nitrogen and oxygen atoms in total. The van der Waals surface area contributed by atoms with E-state index in [1.165, 1.54) is 18.3 Å². The van der Waals surface area contributed by atoms with Gasteiger partial charge in [-0.15, -0.1) is 11.3 Å². The van der Waals surface area contributed by atoms with Crippen molar-refractivity contribution in [2.24, 2.45) is 0 Å². The van der Waals surface area contributed by atoms with Crippen molar-refractivity contribution < 1.29 is 14.7 Å². The molecule has 1 aromatic rings. The molecule has 1 heterocycles. The fourth-order valence-electron chi connectivity index (χ4n) is 1.82. The number of nitrogens with one attached hydrogen (secondary N) is 1. The van der Waals surface area contributed by atoms with Gasteiger partial charge in [0.2, 0.25) is 5.91 Å². The molecular formula is C13H21N3O3S. The van der Waals surface area contributed by atoms with Gasteiger partial charge in [0.15, 0.2) is 5.13 Å². The number of rotatable bonds is 8. The fraction of sp³-hybridized carbons (Fsp3) is 0.615. The summed E-state index contributed by atoms with van der Waals surface area (Å²) >= 11 is 1.39. The lowest BCUT2D eigenvalue weighted by atomic mass is 10.1. The van der Waals surface area contributed by atoms with E-state index in [0.29, 0.717) is 24.6 Å². The number of hydrogen-bond acceptors (Lipinski definition) is 5. The topological polar surface area (TPSA) is 82.5 Å². The lowest BCUT2D eigenvalue weighted by Gasteiger charge is -2.15. The van der Waals surface area contributed by atoms with E-state index < -0.39 is 12.0 Å². The normalized spacial score (nSPS) is 12.2. The molecule has 1 atom stereocenters. The number of aliphatic carboxylic acids is 1. The Hall–Kier alpha value is -1.47. The smallest absolute Gasteiger partial charge is 0.320 e. The average Bonchev–Trinajstić information content (AvgIpc) is 2.83. The third-order valence-electron chi connectivity index (χ3n) is 2.87. The fourth-order valence-corrected chi connectivity index (χ4v) is 2.76. The summed E-state index contributed by atoms with van der Waals surface area (Å²) in [5.41, 5.74) is 0.757. The molecule has 112 valence electrons. The largest absolute Gasteiger partial charge is 0.480 e. The van der Waals surface area contributed by atoms with Crippen molar-refractivity contribution in [1.29, 1.82) is 0 Å². The first kappa shape index (κ1) is 16.6. The van der Waals surface area contributed by atoms with Crippen molar-refractivity contribution in [3.63, 3.8) is 0 Å². The molecule has 1 aromatic heterocycles. The number of nitrogens with zero attached hydrogens (tertiary/aromatic N) is 2. The van der Waals surface area contributed by atoms with E-state index in [0.717, 1.165) is 12.1 Å². The van der Waals surface area contributed by atoms with Crippen LogP contribution in [0.15, 0.2) is 5.38 Å². The van der Waals surface area contributed by atoms with Gasteiger partial charge in [-0.05, 0) is 13.3 Å². The van der Waals surface area contributed by atoms with Crippen LogP contribution < -0.4 is 10.2 Å². The number of carbonyl (C=O) groups excluding carboxylic acids is 1. The molecule has 0 aromatic carbocycles. The Bertz CT molecular complexity index is 461. The number of hydrogen-bond donors (Lipinski definition) is 2. The number of amides is 1. The molecule has 0 bridgehead atoms. The Morgan fingerprint density at radius 3 is 2.70 bits per heavy atom. The maximum atomic E-state index is 11.4. The minimum Gasteiger partial charge on any atom is -0.480 e. The summed E-state index contributed by atoms with van der Waals surface area (Å²) in [6.45, 7) is 6.31. The van der Waals surface area contributed by atoms with E-state index in [2.05, 4.69) is 10.3 Å². The number of aromatic nitrogens is 1. The van der Waals surface area contributed by atoms with Crippen LogP contribution in [0, 0.1) is 0 Å². The van der Waals surface area contributed by atoms with Gasteiger partial charge in [-0.3, -0.25) is 19.8 Å². The summed E-state index contributed by atoms with van der Waals surface area (Å²) < 4.78 is 0. The third-order valence-corrected chi connectivity index (χ3v) is 3.78. The van der Waals surface area contributed by atoms with E-state index in [-0.39, 0.29) is 5.91 Å². The average molecular weight is 299 g/mol. The molecule has 1 rings (SSSR count). The van der Waals surface area contributed by atoms with Crippen LogP contribution in [0.4, 0.5) is 5.13 Å². The second-order valence-electron chi connectivity index (χ2n) is 4.45. The van der Waals surface area contributed by atoms with Crippen LogP contribution in [0.5, 0.6) is 0 Å². The molecule has 0 aliphatic carbocycles. The van der Waals surface area contributed by atoms with Crippen LogP contribution >= 0.6 is 11.3 Å². The number of carbonyl (C=O) groups is 2. The van der Waals surface area contributed by atoms with Crippen LogP contribution in [0.1, 0.15) is 39.3 Å². The van der Waals surface area contributed by atoms with Crippen LogP contribution in [0.3, 0.4) is 0 Å². The summed E-state index contributed by atoms with van der Waals surface area (Å²) in [6, 6.07) is -0.555. The molecule has 1 unspecified atom stereocenters. The van der Waals surface area contributed by atoms with E-state index in [4.69, 9.17) is 5.11 Å². The minimum atomic E-state index is -0.846. The molecule has 0 fully saturated rings. The van der Waals surface area contributed by atoms with Gasteiger partial charge in [-0.2, -0.15) is 0 Å². The standard InChI is InChI=1S/C13H21N3O3S/c1-4-6-11(12(18)19)14-7-10-8-20-13(15-10)16(5-2)9(3)17/h8,11,14H,4-7H2,1-3H3,(H,18,19). The predicted octanol–water partition coefficient (Wildman–Crippen LogP) is 1.86. The SMILES string of the molecule is CCCC(NCc1csc(N(CC)C(C)=O)n1)C(=O)O. The van der Waals surface area contributed by atoms with Gasteiger partial charge in [0.25, 0.3) is 0 Å². The Morgan fingerprint density at radius 2 is 2.20 bits per heavy atom. The number of carboxylic acids is 1. The van der Waals surface area contributed by atoms with Gasteiger partial charge in [0, 0.05) is 25.4 Å². The number of anilines is 1. The molecule has 1 amide bonds. The first-order valence-corrected chi connectivity index (χ1v) is 7.56. The quantitative estimate of drug-likeness (QED) is 0.765. The minimum absolute atomic E-state index is 0.0456. The number of carboxylic acid groups (broad SMARTS) is 1. The van der Waals surface area contributed by atoms with Crippen molar-refractivity contribution in [2.45, 2.75) is 46.2 Å². The zero-order valence-corrected chi connectivity index (χ0v) is 12.9. The van der Waals surface area contributed by atoms with Gasteiger partial charge in [0.05, 0.1) is 5.69 Å². The Morgan fingerprint density at radius 1 is 1.50 bits per heavy atom. The predicted molar refractivity (Wildman–Crippen MR) is 79.0 cm³/mol. The summed E-state index contributed by atoms with van der Waals surface area (Å²) in [6.07, 6.45) is 1.39. The molecule has 20 heavy (non-hydrogen) atoms. The van der Waals surface area contributed by atoms with Crippen LogP contribution in [-0.4, -0.2) is 34.6 Å². The highest BCUT2D eigenvalue weighted by Gasteiger charge is 2.17. The monoisotopic (exact) mass is 299 g/mol. The van der Waals surface area contributed by atoms with Gasteiger partial charge < -0.3 is 5.11 Å². The van der Waals surface area contributed by atoms with E-state index in [1.807, 2.05) is 19.2 Å². The Labute approximate surface area is 122 Å². The third kappa shape index (κ3) is 4.57. The maximum Gasteiger partial charge on any atom is 0.320 e. The summed E-state index contributed by atoms with van der Waals surface area (Å²) in [5.74, 6) is -0.892. The second kappa shape index (κ2) is 7.96. The van der Waals surface area contributed by atoms with Gasteiger partial charge in [0.1, 0.15) is 6.04 Å². The molecule has 0 saturated carbocycles. The molecule has 0 radical (unpaired) electrons. The van der Waals surface area contributed by atoms with Crippen molar-refractivity contribution in [1.82, 2.24) is 10.3 Å².